The molecule has 1 atom stereocenters. The van der Waals surface area contributed by atoms with Gasteiger partial charge < -0.3 is 19.5 Å². The molecule has 2 fully saturated rings. The Morgan fingerprint density at radius 2 is 1.74 bits per heavy atom. The van der Waals surface area contributed by atoms with Crippen molar-refractivity contribution in [1.29, 1.82) is 0 Å². The van der Waals surface area contributed by atoms with E-state index in [2.05, 4.69) is 16.3 Å². The third kappa shape index (κ3) is 7.53. The van der Waals surface area contributed by atoms with Crippen molar-refractivity contribution in [2.75, 3.05) is 39.8 Å². The summed E-state index contributed by atoms with van der Waals surface area (Å²) in [4.78, 5) is 17.2. The summed E-state index contributed by atoms with van der Waals surface area (Å²) in [6.45, 7) is 3.33. The minimum Gasteiger partial charge on any atom is -0.460 e. The van der Waals surface area contributed by atoms with Crippen molar-refractivity contribution in [3.63, 3.8) is 0 Å². The number of ether oxygens (including phenoxy) is 2. The zero-order valence-corrected chi connectivity index (χ0v) is 24.0. The normalized spacial score (nSPS) is 23.9. The van der Waals surface area contributed by atoms with Gasteiger partial charge in [0, 0.05) is 45.4 Å². The zero-order valence-electron chi connectivity index (χ0n) is 24.0. The smallest absolute Gasteiger partial charge is 0.416 e. The Morgan fingerprint density at radius 3 is 2.33 bits per heavy atom. The molecule has 42 heavy (non-hydrogen) atoms. The maximum absolute atomic E-state index is 13.2. The van der Waals surface area contributed by atoms with Gasteiger partial charge in [-0.2, -0.15) is 13.2 Å². The summed E-state index contributed by atoms with van der Waals surface area (Å²) in [5.41, 5.74) is 2.16. The molecule has 2 aromatic carbocycles. The van der Waals surface area contributed by atoms with E-state index in [0.717, 1.165) is 54.7 Å². The number of benzene rings is 2. The average molecular weight is 588 g/mol. The first-order chi connectivity index (χ1) is 20.2. The molecule has 0 spiro atoms. The number of amides is 1. The van der Waals surface area contributed by atoms with Crippen LogP contribution in [0.5, 0.6) is 5.75 Å². The van der Waals surface area contributed by atoms with Gasteiger partial charge in [0.2, 0.25) is 5.91 Å². The molecule has 1 amide bonds. The molecule has 10 heteroatoms. The maximum atomic E-state index is 13.2. The van der Waals surface area contributed by atoms with Crippen LogP contribution >= 0.6 is 0 Å². The Kier molecular flexibility index (Phi) is 9.88. The predicted octanol–water partition coefficient (Wildman–Crippen LogP) is 4.84. The molecule has 2 N–H and O–H groups in total. The molecule has 2 aromatic rings. The van der Waals surface area contributed by atoms with Gasteiger partial charge in [-0.05, 0) is 79.5 Å². The maximum Gasteiger partial charge on any atom is 0.416 e. The molecule has 1 unspecified atom stereocenters. The third-order valence-electron chi connectivity index (χ3n) is 8.75. The van der Waals surface area contributed by atoms with Crippen LogP contribution in [0.25, 0.3) is 0 Å². The van der Waals surface area contributed by atoms with Crippen LogP contribution in [0, 0.1) is 0 Å². The molecule has 0 aromatic heterocycles. The standard InChI is InChI=1S/C32H40F3N3O4/c1-41-27-9-4-23(5-10-27)24-6-13-30(25(18-24)21-39)42-28-11-12-29(36-19-28)31(40)38-16-14-37(15-17-38)20-22-2-7-26(8-3-22)32(33,34)35/h2-3,6-8,11,13,18,23,27,29,36,39H,4-5,9-10,12,14-17,19-21H2,1H3. The summed E-state index contributed by atoms with van der Waals surface area (Å²) < 4.78 is 50.1. The molecule has 7 nitrogen and oxygen atoms in total. The van der Waals surface area contributed by atoms with Crippen molar-refractivity contribution in [2.45, 2.75) is 69.5 Å². The highest BCUT2D eigenvalue weighted by molar-refractivity contribution is 5.82. The van der Waals surface area contributed by atoms with E-state index in [1.54, 1.807) is 7.11 Å². The monoisotopic (exact) mass is 587 g/mol. The number of piperazine rings is 1. The van der Waals surface area contributed by atoms with Crippen molar-refractivity contribution in [3.8, 4) is 5.75 Å². The third-order valence-corrected chi connectivity index (χ3v) is 8.75. The van der Waals surface area contributed by atoms with Gasteiger partial charge in [-0.15, -0.1) is 0 Å². The molecule has 0 radical (unpaired) electrons. The first-order valence-corrected chi connectivity index (χ1v) is 14.8. The van der Waals surface area contributed by atoms with Gasteiger partial charge in [-0.25, -0.2) is 0 Å². The van der Waals surface area contributed by atoms with Crippen LogP contribution in [0.3, 0.4) is 0 Å². The number of alkyl halides is 3. The Hall–Kier alpha value is -2.92. The highest BCUT2D eigenvalue weighted by Gasteiger charge is 2.31. The number of carbonyl (C=O) groups is 1. The molecular formula is C32H40F3N3O4. The first kappa shape index (κ1) is 30.5. The lowest BCUT2D eigenvalue weighted by atomic mass is 9.82. The fraction of sp³-hybridized carbons (Fsp3) is 0.531. The largest absolute Gasteiger partial charge is 0.460 e. The van der Waals surface area contributed by atoms with E-state index in [-0.39, 0.29) is 18.6 Å². The van der Waals surface area contributed by atoms with Crippen LogP contribution in [0.2, 0.25) is 0 Å². The van der Waals surface area contributed by atoms with Crippen LogP contribution in [-0.2, 0) is 28.9 Å². The number of rotatable bonds is 8. The topological polar surface area (TPSA) is 74.3 Å². The van der Waals surface area contributed by atoms with Gasteiger partial charge in [0.05, 0.1) is 30.9 Å². The van der Waals surface area contributed by atoms with Gasteiger partial charge in [0.15, 0.2) is 0 Å². The molecule has 1 saturated heterocycles. The van der Waals surface area contributed by atoms with Crippen molar-refractivity contribution in [3.05, 3.63) is 76.6 Å². The van der Waals surface area contributed by atoms with E-state index < -0.39 is 11.7 Å². The lowest BCUT2D eigenvalue weighted by molar-refractivity contribution is -0.137. The van der Waals surface area contributed by atoms with Crippen molar-refractivity contribution < 1.29 is 32.5 Å². The SMILES string of the molecule is COC1CCC(c2ccc(OC3=CCC(C(=O)N4CCN(Cc5ccc(C(F)(F)F)cc5)CC4)NC3)c(CO)c2)CC1. The number of halogens is 3. The lowest BCUT2D eigenvalue weighted by Gasteiger charge is -2.37. The van der Waals surface area contributed by atoms with Gasteiger partial charge in [0.25, 0.3) is 0 Å². The molecule has 2 heterocycles. The summed E-state index contributed by atoms with van der Waals surface area (Å²) in [5.74, 6) is 1.87. The Labute approximate surface area is 245 Å². The molecule has 5 rings (SSSR count). The summed E-state index contributed by atoms with van der Waals surface area (Å²) in [6.07, 6.45) is 2.70. The zero-order chi connectivity index (χ0) is 29.7. The fourth-order valence-corrected chi connectivity index (χ4v) is 6.15. The van der Waals surface area contributed by atoms with E-state index >= 15 is 0 Å². The van der Waals surface area contributed by atoms with Gasteiger partial charge in [-0.1, -0.05) is 18.2 Å². The van der Waals surface area contributed by atoms with Crippen molar-refractivity contribution in [1.82, 2.24) is 15.1 Å². The van der Waals surface area contributed by atoms with Crippen molar-refractivity contribution in [2.24, 2.45) is 0 Å². The molecule has 228 valence electrons. The molecular weight excluding hydrogens is 547 g/mol. The summed E-state index contributed by atoms with van der Waals surface area (Å²) in [7, 11) is 1.77. The highest BCUT2D eigenvalue weighted by atomic mass is 19.4. The summed E-state index contributed by atoms with van der Waals surface area (Å²) in [5, 5.41) is 13.3. The summed E-state index contributed by atoms with van der Waals surface area (Å²) >= 11 is 0. The van der Waals surface area contributed by atoms with Gasteiger partial charge in [-0.3, -0.25) is 15.0 Å². The molecule has 0 bridgehead atoms. The van der Waals surface area contributed by atoms with Crippen LogP contribution in [0.1, 0.15) is 60.3 Å². The van der Waals surface area contributed by atoms with Gasteiger partial charge in [0.1, 0.15) is 11.5 Å². The quantitative estimate of drug-likeness (QED) is 0.461. The van der Waals surface area contributed by atoms with Crippen molar-refractivity contribution >= 4 is 5.91 Å². The number of nitrogens with zero attached hydrogens (tertiary/aromatic N) is 2. The van der Waals surface area contributed by atoms with Crippen LogP contribution in [0.4, 0.5) is 13.2 Å². The number of carbonyl (C=O) groups excluding carboxylic acids is 1. The van der Waals surface area contributed by atoms with Crippen LogP contribution in [-0.4, -0.2) is 72.8 Å². The Morgan fingerprint density at radius 1 is 1.02 bits per heavy atom. The second kappa shape index (κ2) is 13.6. The molecule has 1 aliphatic carbocycles. The van der Waals surface area contributed by atoms with E-state index in [9.17, 15) is 23.1 Å². The number of aliphatic hydroxyl groups excluding tert-OH is 1. The van der Waals surface area contributed by atoms with E-state index in [4.69, 9.17) is 9.47 Å². The lowest BCUT2D eigenvalue weighted by Crippen LogP contribution is -2.54. The summed E-state index contributed by atoms with van der Waals surface area (Å²) in [6, 6.07) is 11.0. The second-order valence-electron chi connectivity index (χ2n) is 11.5. The number of nitrogens with one attached hydrogen (secondary N) is 1. The Bertz CT molecular complexity index is 1230. The molecule has 3 aliphatic rings. The second-order valence-corrected chi connectivity index (χ2v) is 11.5. The predicted molar refractivity (Wildman–Crippen MR) is 153 cm³/mol. The number of hydrogen-bond acceptors (Lipinski definition) is 6. The average Bonchev–Trinajstić information content (AvgIpc) is 3.01. The number of hydrogen-bond donors (Lipinski definition) is 2. The minimum absolute atomic E-state index is 0.0445. The molecule has 1 saturated carbocycles. The van der Waals surface area contributed by atoms with Crippen LogP contribution in [0.15, 0.2) is 54.3 Å². The van der Waals surface area contributed by atoms with E-state index in [1.165, 1.54) is 17.7 Å². The first-order valence-electron chi connectivity index (χ1n) is 14.8. The van der Waals surface area contributed by atoms with Crippen LogP contribution < -0.4 is 10.1 Å². The molecule has 2 aliphatic heterocycles. The fourth-order valence-electron chi connectivity index (χ4n) is 6.15. The van der Waals surface area contributed by atoms with E-state index in [1.807, 2.05) is 23.1 Å². The highest BCUT2D eigenvalue weighted by Crippen LogP contribution is 2.36. The van der Waals surface area contributed by atoms with E-state index in [0.29, 0.717) is 63.5 Å². The van der Waals surface area contributed by atoms with Gasteiger partial charge >= 0.3 is 6.18 Å². The number of methoxy groups -OCH3 is 1. The Balaban J connectivity index is 1.09. The number of aliphatic hydroxyl groups is 1. The minimum atomic E-state index is -4.34.